The highest BCUT2D eigenvalue weighted by atomic mass is 16.5. The van der Waals surface area contributed by atoms with E-state index < -0.39 is 6.10 Å². The Labute approximate surface area is 105 Å². The molecule has 0 saturated heterocycles. The van der Waals surface area contributed by atoms with E-state index in [1.807, 2.05) is 6.92 Å². The van der Waals surface area contributed by atoms with Gasteiger partial charge in [0.05, 0.1) is 25.4 Å². The molecule has 0 radical (unpaired) electrons. The largest absolute Gasteiger partial charge is 0.389 e. The fourth-order valence-electron chi connectivity index (χ4n) is 2.21. The second-order valence-corrected chi connectivity index (χ2v) is 4.85. The van der Waals surface area contributed by atoms with Gasteiger partial charge in [-0.3, -0.25) is 0 Å². The van der Waals surface area contributed by atoms with E-state index in [0.717, 1.165) is 6.42 Å². The molecule has 0 spiro atoms. The van der Waals surface area contributed by atoms with Crippen LogP contribution in [-0.4, -0.2) is 37.0 Å². The van der Waals surface area contributed by atoms with E-state index in [0.29, 0.717) is 31.7 Å². The van der Waals surface area contributed by atoms with Crippen LogP contribution in [0.1, 0.15) is 39.5 Å². The quantitative estimate of drug-likeness (QED) is 0.546. The minimum atomic E-state index is -0.428. The smallest absolute Gasteiger partial charge is 0.0898 e. The first-order chi connectivity index (χ1) is 8.24. The molecule has 0 aliphatic heterocycles. The molecule has 1 saturated carbocycles. The van der Waals surface area contributed by atoms with E-state index in [1.54, 1.807) is 0 Å². The van der Waals surface area contributed by atoms with E-state index in [1.165, 1.54) is 19.3 Å². The lowest BCUT2D eigenvalue weighted by molar-refractivity contribution is -0.0449. The second kappa shape index (κ2) is 8.52. The highest BCUT2D eigenvalue weighted by Crippen LogP contribution is 2.26. The van der Waals surface area contributed by atoms with Gasteiger partial charge in [0.1, 0.15) is 0 Å². The maximum absolute atomic E-state index is 9.73. The van der Waals surface area contributed by atoms with Gasteiger partial charge in [0.15, 0.2) is 0 Å². The van der Waals surface area contributed by atoms with Crippen molar-refractivity contribution in [1.82, 2.24) is 5.32 Å². The Bertz CT molecular complexity index is 257. The zero-order chi connectivity index (χ0) is 12.5. The third-order valence-corrected chi connectivity index (χ3v) is 3.31. The van der Waals surface area contributed by atoms with Crippen LogP contribution in [0.4, 0.5) is 0 Å². The van der Waals surface area contributed by atoms with Gasteiger partial charge in [-0.25, -0.2) is 0 Å². The van der Waals surface area contributed by atoms with Gasteiger partial charge in [-0.2, -0.15) is 0 Å². The summed E-state index contributed by atoms with van der Waals surface area (Å²) in [5.74, 6) is 6.34. The van der Waals surface area contributed by atoms with Crippen molar-refractivity contribution in [2.24, 2.45) is 5.92 Å². The maximum atomic E-state index is 9.73. The number of hydrogen-bond donors (Lipinski definition) is 2. The van der Waals surface area contributed by atoms with Crippen molar-refractivity contribution in [1.29, 1.82) is 0 Å². The fraction of sp³-hybridized carbons (Fsp3) is 0.857. The van der Waals surface area contributed by atoms with Crippen LogP contribution >= 0.6 is 0 Å². The molecular weight excluding hydrogens is 214 g/mol. The molecule has 1 aliphatic rings. The fourth-order valence-corrected chi connectivity index (χ4v) is 2.21. The minimum Gasteiger partial charge on any atom is -0.389 e. The lowest BCUT2D eigenvalue weighted by atomic mass is 9.88. The van der Waals surface area contributed by atoms with Crippen LogP contribution in [0.2, 0.25) is 0 Å². The van der Waals surface area contributed by atoms with Gasteiger partial charge in [-0.15, -0.1) is 5.92 Å². The third-order valence-electron chi connectivity index (χ3n) is 3.31. The first-order valence-electron chi connectivity index (χ1n) is 6.64. The van der Waals surface area contributed by atoms with Gasteiger partial charge >= 0.3 is 0 Å². The summed E-state index contributed by atoms with van der Waals surface area (Å²) < 4.78 is 5.79. The van der Waals surface area contributed by atoms with Gasteiger partial charge in [0.25, 0.3) is 0 Å². The van der Waals surface area contributed by atoms with Gasteiger partial charge in [0.2, 0.25) is 0 Å². The summed E-state index contributed by atoms with van der Waals surface area (Å²) in [6.45, 7) is 5.67. The molecule has 0 aromatic carbocycles. The molecule has 3 unspecified atom stereocenters. The Hall–Kier alpha value is -0.560. The molecule has 1 aliphatic carbocycles. The van der Waals surface area contributed by atoms with Gasteiger partial charge < -0.3 is 15.2 Å². The summed E-state index contributed by atoms with van der Waals surface area (Å²) in [5, 5.41) is 12.8. The van der Waals surface area contributed by atoms with Crippen molar-refractivity contribution in [3.8, 4) is 11.8 Å². The van der Waals surface area contributed by atoms with Gasteiger partial charge in [-0.05, 0) is 25.7 Å². The van der Waals surface area contributed by atoms with Crippen LogP contribution in [-0.2, 0) is 4.74 Å². The molecule has 3 nitrogen and oxygen atoms in total. The zero-order valence-electron chi connectivity index (χ0n) is 11.0. The molecule has 3 heteroatoms. The Morgan fingerprint density at radius 3 is 2.88 bits per heavy atom. The minimum absolute atomic E-state index is 0.342. The lowest BCUT2D eigenvalue weighted by Gasteiger charge is -2.29. The molecule has 2 N–H and O–H groups in total. The third kappa shape index (κ3) is 6.07. The topological polar surface area (TPSA) is 41.5 Å². The molecule has 1 fully saturated rings. The zero-order valence-corrected chi connectivity index (χ0v) is 11.0. The predicted octanol–water partition coefficient (Wildman–Crippen LogP) is 1.56. The summed E-state index contributed by atoms with van der Waals surface area (Å²) in [5.41, 5.74) is 0. The van der Waals surface area contributed by atoms with Crippen LogP contribution < -0.4 is 5.32 Å². The average molecular weight is 239 g/mol. The lowest BCUT2D eigenvalue weighted by Crippen LogP contribution is -2.34. The summed E-state index contributed by atoms with van der Waals surface area (Å²) in [4.78, 5) is 0. The summed E-state index contributed by atoms with van der Waals surface area (Å²) in [6.07, 6.45) is 4.89. The van der Waals surface area contributed by atoms with Crippen molar-refractivity contribution in [3.05, 3.63) is 0 Å². The van der Waals surface area contributed by atoms with E-state index >= 15 is 0 Å². The number of rotatable bonds is 6. The maximum Gasteiger partial charge on any atom is 0.0898 e. The number of hydrogen-bond acceptors (Lipinski definition) is 3. The van der Waals surface area contributed by atoms with Crippen LogP contribution in [0.15, 0.2) is 0 Å². The molecular formula is C14H25NO2. The molecule has 0 amide bonds. The molecule has 0 bridgehead atoms. The molecule has 0 heterocycles. The van der Waals surface area contributed by atoms with Crippen molar-refractivity contribution in [2.75, 3.05) is 19.7 Å². The summed E-state index contributed by atoms with van der Waals surface area (Å²) >= 11 is 0. The monoisotopic (exact) mass is 239 g/mol. The Balaban J connectivity index is 2.09. The Morgan fingerprint density at radius 2 is 2.18 bits per heavy atom. The first kappa shape index (κ1) is 14.5. The first-order valence-corrected chi connectivity index (χ1v) is 6.64. The van der Waals surface area contributed by atoms with Crippen LogP contribution in [0, 0.1) is 17.8 Å². The SMILES string of the molecule is CC#CCNCC(O)COC1CCCCC1C. The van der Waals surface area contributed by atoms with E-state index in [4.69, 9.17) is 4.74 Å². The molecule has 0 aromatic rings. The highest BCUT2D eigenvalue weighted by molar-refractivity contribution is 4.97. The van der Waals surface area contributed by atoms with Crippen LogP contribution in [0.5, 0.6) is 0 Å². The van der Waals surface area contributed by atoms with E-state index in [9.17, 15) is 5.11 Å². The standard InChI is InChI=1S/C14H25NO2/c1-3-4-9-15-10-13(16)11-17-14-8-6-5-7-12(14)2/h12-16H,5-11H2,1-2H3. The Kier molecular flexibility index (Phi) is 7.27. The Morgan fingerprint density at radius 1 is 1.41 bits per heavy atom. The number of aliphatic hydroxyl groups excluding tert-OH is 1. The van der Waals surface area contributed by atoms with Crippen molar-refractivity contribution >= 4 is 0 Å². The number of nitrogens with one attached hydrogen (secondary N) is 1. The average Bonchev–Trinajstić information content (AvgIpc) is 2.34. The second-order valence-electron chi connectivity index (χ2n) is 4.85. The van der Waals surface area contributed by atoms with Crippen LogP contribution in [0.3, 0.4) is 0 Å². The normalized spacial score (nSPS) is 26.1. The molecule has 0 aromatic heterocycles. The van der Waals surface area contributed by atoms with E-state index in [-0.39, 0.29) is 0 Å². The van der Waals surface area contributed by atoms with Gasteiger partial charge in [-0.1, -0.05) is 25.7 Å². The number of aliphatic hydroxyl groups is 1. The van der Waals surface area contributed by atoms with Gasteiger partial charge in [0, 0.05) is 6.54 Å². The molecule has 1 rings (SSSR count). The molecule has 98 valence electrons. The van der Waals surface area contributed by atoms with Crippen molar-refractivity contribution in [3.63, 3.8) is 0 Å². The van der Waals surface area contributed by atoms with Crippen molar-refractivity contribution in [2.45, 2.75) is 51.7 Å². The van der Waals surface area contributed by atoms with Crippen molar-refractivity contribution < 1.29 is 9.84 Å². The molecule has 3 atom stereocenters. The molecule has 17 heavy (non-hydrogen) atoms. The predicted molar refractivity (Wildman–Crippen MR) is 69.7 cm³/mol. The highest BCUT2D eigenvalue weighted by Gasteiger charge is 2.22. The summed E-state index contributed by atoms with van der Waals surface area (Å²) in [7, 11) is 0. The van der Waals surface area contributed by atoms with Crippen LogP contribution in [0.25, 0.3) is 0 Å². The summed E-state index contributed by atoms with van der Waals surface area (Å²) in [6, 6.07) is 0. The number of ether oxygens (including phenoxy) is 1. The van der Waals surface area contributed by atoms with E-state index in [2.05, 4.69) is 24.1 Å².